The summed E-state index contributed by atoms with van der Waals surface area (Å²) in [5.74, 6) is 0.918. The molecule has 6 heteroatoms. The molecule has 0 aliphatic carbocycles. The van der Waals surface area contributed by atoms with Gasteiger partial charge in [0, 0.05) is 17.7 Å². The SMILES string of the molecule is CC1=NSCC1(C)C=NNC(N)=S. The summed E-state index contributed by atoms with van der Waals surface area (Å²) in [7, 11) is 0. The lowest BCUT2D eigenvalue weighted by atomic mass is 9.90. The minimum atomic E-state index is -0.0670. The monoisotopic (exact) mass is 216 g/mol. The van der Waals surface area contributed by atoms with E-state index in [1.807, 2.05) is 6.92 Å². The molecule has 0 saturated carbocycles. The van der Waals surface area contributed by atoms with Gasteiger partial charge in [-0.1, -0.05) is 0 Å². The molecule has 1 unspecified atom stereocenters. The van der Waals surface area contributed by atoms with Crippen LogP contribution in [0, 0.1) is 5.41 Å². The normalized spacial score (nSPS) is 27.7. The maximum absolute atomic E-state index is 5.23. The average molecular weight is 216 g/mol. The van der Waals surface area contributed by atoms with E-state index in [0.717, 1.165) is 11.5 Å². The number of hydrazone groups is 1. The third-order valence-electron chi connectivity index (χ3n) is 1.92. The Labute approximate surface area is 87.2 Å². The van der Waals surface area contributed by atoms with Crippen LogP contribution in [0.4, 0.5) is 0 Å². The molecule has 1 atom stereocenters. The minimum absolute atomic E-state index is 0.0670. The molecule has 0 aromatic rings. The van der Waals surface area contributed by atoms with Gasteiger partial charge in [0.15, 0.2) is 5.11 Å². The molecule has 1 aliphatic heterocycles. The Balaban J connectivity index is 2.57. The Bertz CT molecular complexity index is 274. The van der Waals surface area contributed by atoms with E-state index in [1.54, 1.807) is 18.2 Å². The van der Waals surface area contributed by atoms with Crippen LogP contribution in [0.25, 0.3) is 0 Å². The van der Waals surface area contributed by atoms with Crippen molar-refractivity contribution in [1.82, 2.24) is 5.43 Å². The molecule has 72 valence electrons. The number of thiocarbonyl (C=S) groups is 1. The van der Waals surface area contributed by atoms with Crippen molar-refractivity contribution in [3.05, 3.63) is 0 Å². The summed E-state index contributed by atoms with van der Waals surface area (Å²) in [6.45, 7) is 4.07. The van der Waals surface area contributed by atoms with Crippen molar-refractivity contribution < 1.29 is 0 Å². The van der Waals surface area contributed by atoms with Crippen molar-refractivity contribution in [1.29, 1.82) is 0 Å². The van der Waals surface area contributed by atoms with Gasteiger partial charge < -0.3 is 5.73 Å². The summed E-state index contributed by atoms with van der Waals surface area (Å²) < 4.78 is 4.24. The molecular weight excluding hydrogens is 204 g/mol. The van der Waals surface area contributed by atoms with Gasteiger partial charge >= 0.3 is 0 Å². The smallest absolute Gasteiger partial charge is 0.184 e. The molecule has 1 rings (SSSR count). The predicted octanol–water partition coefficient (Wildman–Crippen LogP) is 0.934. The maximum atomic E-state index is 5.23. The lowest BCUT2D eigenvalue weighted by Gasteiger charge is -2.16. The molecule has 0 saturated heterocycles. The molecule has 4 nitrogen and oxygen atoms in total. The predicted molar refractivity (Wildman–Crippen MR) is 62.1 cm³/mol. The molecule has 1 heterocycles. The lowest BCUT2D eigenvalue weighted by molar-refractivity contribution is 0.760. The van der Waals surface area contributed by atoms with Gasteiger partial charge in [0.2, 0.25) is 0 Å². The van der Waals surface area contributed by atoms with Crippen molar-refractivity contribution >= 4 is 41.2 Å². The number of rotatable bonds is 2. The van der Waals surface area contributed by atoms with Crippen LogP contribution < -0.4 is 11.2 Å². The third-order valence-corrected chi connectivity index (χ3v) is 3.14. The first-order valence-corrected chi connectivity index (χ1v) is 5.16. The fourth-order valence-corrected chi connectivity index (χ4v) is 1.91. The molecule has 0 aromatic carbocycles. The van der Waals surface area contributed by atoms with Crippen LogP contribution in [0.1, 0.15) is 13.8 Å². The van der Waals surface area contributed by atoms with E-state index < -0.39 is 0 Å². The van der Waals surface area contributed by atoms with Crippen LogP contribution in [-0.4, -0.2) is 22.8 Å². The number of nitrogens with zero attached hydrogens (tertiary/aromatic N) is 2. The van der Waals surface area contributed by atoms with Crippen LogP contribution in [0.5, 0.6) is 0 Å². The zero-order valence-corrected chi connectivity index (χ0v) is 9.21. The number of hydrogen-bond donors (Lipinski definition) is 2. The number of hydrogen-bond acceptors (Lipinski definition) is 4. The zero-order valence-electron chi connectivity index (χ0n) is 7.57. The largest absolute Gasteiger partial charge is 0.375 e. The van der Waals surface area contributed by atoms with E-state index in [9.17, 15) is 0 Å². The topological polar surface area (TPSA) is 62.8 Å². The summed E-state index contributed by atoms with van der Waals surface area (Å²) in [6, 6.07) is 0. The average Bonchev–Trinajstić information content (AvgIpc) is 2.32. The van der Waals surface area contributed by atoms with Gasteiger partial charge in [-0.25, -0.2) is 4.40 Å². The Morgan fingerprint density at radius 3 is 3.08 bits per heavy atom. The fraction of sp³-hybridized carbons (Fsp3) is 0.571. The Morgan fingerprint density at radius 2 is 2.62 bits per heavy atom. The third kappa shape index (κ3) is 2.67. The van der Waals surface area contributed by atoms with Gasteiger partial charge in [0.1, 0.15) is 0 Å². The van der Waals surface area contributed by atoms with Crippen molar-refractivity contribution in [2.45, 2.75) is 13.8 Å². The molecule has 0 aromatic heterocycles. The van der Waals surface area contributed by atoms with Crippen LogP contribution in [0.15, 0.2) is 9.50 Å². The molecular formula is C7H12N4S2. The lowest BCUT2D eigenvalue weighted by Crippen LogP contribution is -2.30. The molecule has 0 bridgehead atoms. The standard InChI is InChI=1S/C7H12N4S2/c1-5-7(2,4-13-11-5)3-9-10-6(8)12/h3H,4H2,1-2H3,(H3,8,10,12). The van der Waals surface area contributed by atoms with Crippen LogP contribution >= 0.6 is 24.2 Å². The van der Waals surface area contributed by atoms with E-state index in [0.29, 0.717) is 0 Å². The second kappa shape index (κ2) is 4.06. The van der Waals surface area contributed by atoms with Gasteiger partial charge in [0.25, 0.3) is 0 Å². The van der Waals surface area contributed by atoms with Gasteiger partial charge in [-0.15, -0.1) is 0 Å². The highest BCUT2D eigenvalue weighted by Crippen LogP contribution is 2.30. The Kier molecular flexibility index (Phi) is 3.27. The minimum Gasteiger partial charge on any atom is -0.375 e. The highest BCUT2D eigenvalue weighted by molar-refractivity contribution is 7.98. The van der Waals surface area contributed by atoms with E-state index >= 15 is 0 Å². The van der Waals surface area contributed by atoms with Crippen molar-refractivity contribution in [3.63, 3.8) is 0 Å². The summed E-state index contributed by atoms with van der Waals surface area (Å²) in [5.41, 5.74) is 8.77. The molecule has 0 spiro atoms. The van der Waals surface area contributed by atoms with Gasteiger partial charge in [-0.05, 0) is 38.0 Å². The van der Waals surface area contributed by atoms with Crippen LogP contribution in [0.3, 0.4) is 0 Å². The second-order valence-electron chi connectivity index (χ2n) is 3.10. The quantitative estimate of drug-likeness (QED) is 0.312. The first kappa shape index (κ1) is 10.5. The highest BCUT2D eigenvalue weighted by atomic mass is 32.2. The summed E-state index contributed by atoms with van der Waals surface area (Å²) in [5, 5.41) is 4.12. The van der Waals surface area contributed by atoms with Crippen LogP contribution in [0.2, 0.25) is 0 Å². The molecule has 3 N–H and O–H groups in total. The summed E-state index contributed by atoms with van der Waals surface area (Å²) in [4.78, 5) is 0. The Hall–Kier alpha value is -0.620. The molecule has 0 amide bonds. The van der Waals surface area contributed by atoms with Crippen molar-refractivity contribution in [2.75, 3.05) is 5.75 Å². The zero-order chi connectivity index (χ0) is 9.90. The molecule has 13 heavy (non-hydrogen) atoms. The van der Waals surface area contributed by atoms with E-state index in [4.69, 9.17) is 5.73 Å². The van der Waals surface area contributed by atoms with Gasteiger partial charge in [-0.3, -0.25) is 5.43 Å². The molecule has 0 radical (unpaired) electrons. The Morgan fingerprint density at radius 1 is 1.92 bits per heavy atom. The first-order valence-electron chi connectivity index (χ1n) is 3.81. The molecule has 0 fully saturated rings. The van der Waals surface area contributed by atoms with Crippen molar-refractivity contribution in [2.24, 2.45) is 20.6 Å². The number of nitrogens with two attached hydrogens (primary N) is 1. The van der Waals surface area contributed by atoms with Gasteiger partial charge in [0.05, 0.1) is 5.41 Å². The van der Waals surface area contributed by atoms with Crippen molar-refractivity contribution in [3.8, 4) is 0 Å². The second-order valence-corrected chi connectivity index (χ2v) is 4.27. The van der Waals surface area contributed by atoms with E-state index in [2.05, 4.69) is 34.1 Å². The maximum Gasteiger partial charge on any atom is 0.184 e. The fourth-order valence-electron chi connectivity index (χ4n) is 0.841. The number of nitrogens with one attached hydrogen (secondary N) is 1. The van der Waals surface area contributed by atoms with Crippen LogP contribution in [-0.2, 0) is 0 Å². The highest BCUT2D eigenvalue weighted by Gasteiger charge is 2.30. The van der Waals surface area contributed by atoms with E-state index in [-0.39, 0.29) is 10.5 Å². The summed E-state index contributed by atoms with van der Waals surface area (Å²) >= 11 is 6.17. The van der Waals surface area contributed by atoms with Gasteiger partial charge in [-0.2, -0.15) is 5.10 Å². The molecule has 1 aliphatic rings. The summed E-state index contributed by atoms with van der Waals surface area (Å²) in [6.07, 6.45) is 1.80. The van der Waals surface area contributed by atoms with E-state index in [1.165, 1.54) is 0 Å². The first-order chi connectivity index (χ1) is 6.04.